The van der Waals surface area contributed by atoms with Crippen LogP contribution in [0.4, 0.5) is 0 Å². The lowest BCUT2D eigenvalue weighted by Gasteiger charge is -2.18. The summed E-state index contributed by atoms with van der Waals surface area (Å²) >= 11 is 0. The van der Waals surface area contributed by atoms with Crippen molar-refractivity contribution < 1.29 is 14.7 Å². The summed E-state index contributed by atoms with van der Waals surface area (Å²) in [6.07, 6.45) is 0.727. The van der Waals surface area contributed by atoms with Crippen LogP contribution in [0.2, 0.25) is 0 Å². The van der Waals surface area contributed by atoms with Gasteiger partial charge in [-0.25, -0.2) is 5.06 Å². The van der Waals surface area contributed by atoms with Crippen LogP contribution in [0.25, 0.3) is 0 Å². The molecule has 0 spiro atoms. The molecule has 0 saturated carbocycles. The first-order valence-corrected chi connectivity index (χ1v) is 3.09. The summed E-state index contributed by atoms with van der Waals surface area (Å²) in [7, 11) is 0. The van der Waals surface area contributed by atoms with E-state index in [9.17, 15) is 4.79 Å². The summed E-state index contributed by atoms with van der Waals surface area (Å²) in [5.41, 5.74) is 5.24. The van der Waals surface area contributed by atoms with Crippen molar-refractivity contribution >= 4 is 5.97 Å². The Morgan fingerprint density at radius 2 is 2.55 bits per heavy atom. The third kappa shape index (κ3) is 5.38. The van der Waals surface area contributed by atoms with Gasteiger partial charge in [0.1, 0.15) is 12.8 Å². The number of hydrogen-bond acceptors (Lipinski definition) is 4. The number of carbonyl (C=O) groups is 1. The van der Waals surface area contributed by atoms with Gasteiger partial charge in [-0.3, -0.25) is 9.63 Å². The maximum Gasteiger partial charge on any atom is 0.325 e. The standard InChI is InChI=1S/C6H12N2O3/c1-3-8(4-6(9)10)11-5(2)7/h3,5H,1,4,7H2,2H3,(H,9,10). The molecule has 0 rings (SSSR count). The first-order valence-electron chi connectivity index (χ1n) is 3.09. The van der Waals surface area contributed by atoms with Crippen molar-refractivity contribution in [3.05, 3.63) is 12.8 Å². The summed E-state index contributed by atoms with van der Waals surface area (Å²) < 4.78 is 0. The predicted octanol–water partition coefficient (Wildman–Crippen LogP) is -0.247. The van der Waals surface area contributed by atoms with Crippen LogP contribution in [-0.2, 0) is 9.63 Å². The van der Waals surface area contributed by atoms with Crippen LogP contribution in [0.5, 0.6) is 0 Å². The number of carboxylic acid groups (broad SMARTS) is 1. The Hall–Kier alpha value is -1.07. The van der Waals surface area contributed by atoms with Gasteiger partial charge >= 0.3 is 5.97 Å². The van der Waals surface area contributed by atoms with Gasteiger partial charge < -0.3 is 10.8 Å². The number of hydroxylamine groups is 2. The van der Waals surface area contributed by atoms with Gasteiger partial charge in [0.05, 0.1) is 0 Å². The van der Waals surface area contributed by atoms with Gasteiger partial charge in [0.25, 0.3) is 0 Å². The minimum absolute atomic E-state index is 0.259. The zero-order valence-electron chi connectivity index (χ0n) is 6.36. The largest absolute Gasteiger partial charge is 0.480 e. The van der Waals surface area contributed by atoms with E-state index >= 15 is 0 Å². The van der Waals surface area contributed by atoms with E-state index in [-0.39, 0.29) is 6.54 Å². The molecule has 0 aromatic carbocycles. The second-order valence-electron chi connectivity index (χ2n) is 1.96. The Bertz CT molecular complexity index is 147. The SMILES string of the molecule is C=CN(CC(=O)O)OC(C)N. The molecule has 0 radical (unpaired) electrons. The Balaban J connectivity index is 3.76. The summed E-state index contributed by atoms with van der Waals surface area (Å²) in [5, 5.41) is 9.38. The molecule has 0 bridgehead atoms. The monoisotopic (exact) mass is 160 g/mol. The lowest BCUT2D eigenvalue weighted by Crippen LogP contribution is -2.32. The van der Waals surface area contributed by atoms with Crippen molar-refractivity contribution in [2.45, 2.75) is 13.2 Å². The third-order valence-electron chi connectivity index (χ3n) is 0.796. The normalized spacial score (nSPS) is 12.2. The van der Waals surface area contributed by atoms with Gasteiger partial charge in [0.15, 0.2) is 0 Å². The van der Waals surface area contributed by atoms with Crippen molar-refractivity contribution in [3.63, 3.8) is 0 Å². The molecule has 0 saturated heterocycles. The summed E-state index contributed by atoms with van der Waals surface area (Å²) in [5.74, 6) is -0.995. The molecule has 5 nitrogen and oxygen atoms in total. The van der Waals surface area contributed by atoms with E-state index in [2.05, 4.69) is 6.58 Å². The molecule has 5 heteroatoms. The quantitative estimate of drug-likeness (QED) is 0.428. The van der Waals surface area contributed by atoms with Crippen LogP contribution < -0.4 is 5.73 Å². The number of nitrogens with zero attached hydrogens (tertiary/aromatic N) is 1. The molecule has 0 aliphatic rings. The van der Waals surface area contributed by atoms with Crippen LogP contribution in [0.1, 0.15) is 6.92 Å². The first kappa shape index (κ1) is 9.93. The summed E-state index contributed by atoms with van der Waals surface area (Å²) in [4.78, 5) is 15.0. The summed E-state index contributed by atoms with van der Waals surface area (Å²) in [6, 6.07) is 0. The average molecular weight is 160 g/mol. The molecule has 11 heavy (non-hydrogen) atoms. The minimum atomic E-state index is -0.995. The number of hydrogen-bond donors (Lipinski definition) is 2. The minimum Gasteiger partial charge on any atom is -0.480 e. The van der Waals surface area contributed by atoms with Crippen LogP contribution in [0, 0.1) is 0 Å². The highest BCUT2D eigenvalue weighted by atomic mass is 16.7. The molecule has 1 atom stereocenters. The van der Waals surface area contributed by atoms with Crippen LogP contribution in [-0.4, -0.2) is 28.9 Å². The van der Waals surface area contributed by atoms with Crippen molar-refractivity contribution in [1.82, 2.24) is 5.06 Å². The second kappa shape index (κ2) is 4.70. The highest BCUT2D eigenvalue weighted by Crippen LogP contribution is 1.92. The van der Waals surface area contributed by atoms with Crippen molar-refractivity contribution in [3.8, 4) is 0 Å². The van der Waals surface area contributed by atoms with E-state index in [1.807, 2.05) is 0 Å². The molecular weight excluding hydrogens is 148 g/mol. The van der Waals surface area contributed by atoms with Crippen LogP contribution >= 0.6 is 0 Å². The lowest BCUT2D eigenvalue weighted by atomic mass is 10.6. The first-order chi connectivity index (χ1) is 5.06. The average Bonchev–Trinajstić information content (AvgIpc) is 1.84. The zero-order chi connectivity index (χ0) is 8.85. The van der Waals surface area contributed by atoms with Crippen molar-refractivity contribution in [1.29, 1.82) is 0 Å². The predicted molar refractivity (Wildman–Crippen MR) is 39.3 cm³/mol. The maximum atomic E-state index is 10.1. The van der Waals surface area contributed by atoms with Crippen molar-refractivity contribution in [2.75, 3.05) is 6.54 Å². The Labute approximate surface area is 65.0 Å². The van der Waals surface area contributed by atoms with E-state index in [4.69, 9.17) is 15.7 Å². The Kier molecular flexibility index (Phi) is 4.24. The van der Waals surface area contributed by atoms with E-state index < -0.39 is 12.2 Å². The van der Waals surface area contributed by atoms with E-state index in [0.717, 1.165) is 5.06 Å². The van der Waals surface area contributed by atoms with Gasteiger partial charge in [-0.15, -0.1) is 0 Å². The molecule has 0 aliphatic heterocycles. The fourth-order valence-electron chi connectivity index (χ4n) is 0.492. The number of rotatable bonds is 5. The highest BCUT2D eigenvalue weighted by Gasteiger charge is 2.06. The van der Waals surface area contributed by atoms with Crippen LogP contribution in [0.3, 0.4) is 0 Å². The van der Waals surface area contributed by atoms with Gasteiger partial charge in [-0.2, -0.15) is 0 Å². The van der Waals surface area contributed by atoms with E-state index in [0.29, 0.717) is 0 Å². The smallest absolute Gasteiger partial charge is 0.325 e. The van der Waals surface area contributed by atoms with Gasteiger partial charge in [0.2, 0.25) is 0 Å². The van der Waals surface area contributed by atoms with Gasteiger partial charge in [-0.05, 0) is 6.92 Å². The maximum absolute atomic E-state index is 10.1. The topological polar surface area (TPSA) is 75.8 Å². The van der Waals surface area contributed by atoms with Crippen molar-refractivity contribution in [2.24, 2.45) is 5.73 Å². The molecule has 64 valence electrons. The fraction of sp³-hybridized carbons (Fsp3) is 0.500. The van der Waals surface area contributed by atoms with E-state index in [1.165, 1.54) is 6.20 Å². The molecule has 3 N–H and O–H groups in total. The Morgan fingerprint density at radius 1 is 2.00 bits per heavy atom. The molecule has 0 aromatic rings. The third-order valence-corrected chi connectivity index (χ3v) is 0.796. The molecule has 0 fully saturated rings. The Morgan fingerprint density at radius 3 is 2.82 bits per heavy atom. The molecule has 0 aromatic heterocycles. The number of nitrogens with two attached hydrogens (primary N) is 1. The van der Waals surface area contributed by atoms with Gasteiger partial charge in [-0.1, -0.05) is 6.58 Å². The van der Waals surface area contributed by atoms with E-state index in [1.54, 1.807) is 6.92 Å². The molecule has 0 heterocycles. The molecule has 0 aliphatic carbocycles. The number of carboxylic acids is 1. The molecule has 0 amide bonds. The fourth-order valence-corrected chi connectivity index (χ4v) is 0.492. The zero-order valence-corrected chi connectivity index (χ0v) is 6.36. The summed E-state index contributed by atoms with van der Waals surface area (Å²) in [6.45, 7) is 4.69. The second-order valence-corrected chi connectivity index (χ2v) is 1.96. The molecule has 1 unspecified atom stereocenters. The number of aliphatic carboxylic acids is 1. The highest BCUT2D eigenvalue weighted by molar-refractivity contribution is 5.69. The molecular formula is C6H12N2O3. The van der Waals surface area contributed by atoms with Crippen LogP contribution in [0.15, 0.2) is 12.8 Å². The lowest BCUT2D eigenvalue weighted by molar-refractivity contribution is -0.173. The van der Waals surface area contributed by atoms with Gasteiger partial charge in [0, 0.05) is 6.20 Å².